The fraction of sp³-hybridized carbons (Fsp3) is 0.0833. The number of nitriles is 1. The zero-order chi connectivity index (χ0) is 12.3. The molecule has 0 saturated carbocycles. The van der Waals surface area contributed by atoms with Crippen LogP contribution >= 0.6 is 11.6 Å². The minimum absolute atomic E-state index is 0.120. The van der Waals surface area contributed by atoms with Crippen LogP contribution in [0.4, 0.5) is 4.39 Å². The molecule has 0 fully saturated rings. The Labute approximate surface area is 103 Å². The van der Waals surface area contributed by atoms with Crippen LogP contribution < -0.4 is 0 Å². The van der Waals surface area contributed by atoms with E-state index in [2.05, 4.69) is 9.97 Å². The van der Waals surface area contributed by atoms with Gasteiger partial charge in [-0.1, -0.05) is 0 Å². The molecule has 0 amide bonds. The van der Waals surface area contributed by atoms with E-state index in [1.165, 1.54) is 18.3 Å². The number of rotatable bonds is 2. The standard InChI is InChI=1S/C12H7ClFN3/c13-12-16-6-4-11(17-12)10-2-1-9(14)7-8(10)3-5-15/h1-2,4,6-7H,3H2. The molecule has 2 rings (SSSR count). The maximum atomic E-state index is 13.1. The summed E-state index contributed by atoms with van der Waals surface area (Å²) in [5, 5.41) is 8.83. The van der Waals surface area contributed by atoms with Gasteiger partial charge >= 0.3 is 0 Å². The summed E-state index contributed by atoms with van der Waals surface area (Å²) < 4.78 is 13.1. The van der Waals surface area contributed by atoms with Gasteiger partial charge in [-0.25, -0.2) is 14.4 Å². The zero-order valence-electron chi connectivity index (χ0n) is 8.69. The summed E-state index contributed by atoms with van der Waals surface area (Å²) in [7, 11) is 0. The molecule has 0 atom stereocenters. The molecule has 5 heteroatoms. The van der Waals surface area contributed by atoms with E-state index in [0.29, 0.717) is 16.8 Å². The average molecular weight is 248 g/mol. The molecule has 0 radical (unpaired) electrons. The molecule has 0 aliphatic heterocycles. The van der Waals surface area contributed by atoms with Crippen molar-refractivity contribution in [1.82, 2.24) is 9.97 Å². The van der Waals surface area contributed by atoms with Crippen LogP contribution in [0.15, 0.2) is 30.5 Å². The second-order valence-electron chi connectivity index (χ2n) is 3.35. The lowest BCUT2D eigenvalue weighted by atomic mass is 10.0. The molecule has 0 saturated heterocycles. The first kappa shape index (κ1) is 11.5. The number of halogens is 2. The van der Waals surface area contributed by atoms with Crippen LogP contribution in [0.2, 0.25) is 5.28 Å². The second kappa shape index (κ2) is 4.89. The number of aromatic nitrogens is 2. The third-order valence-corrected chi connectivity index (χ3v) is 2.42. The maximum absolute atomic E-state index is 13.1. The Morgan fingerprint density at radius 1 is 1.35 bits per heavy atom. The Hall–Kier alpha value is -1.99. The highest BCUT2D eigenvalue weighted by Crippen LogP contribution is 2.23. The lowest BCUT2D eigenvalue weighted by Crippen LogP contribution is -1.93. The highest BCUT2D eigenvalue weighted by atomic mass is 35.5. The summed E-state index contributed by atoms with van der Waals surface area (Å²) in [6.07, 6.45) is 1.64. The Morgan fingerprint density at radius 2 is 2.18 bits per heavy atom. The number of hydrogen-bond acceptors (Lipinski definition) is 3. The van der Waals surface area contributed by atoms with E-state index in [1.807, 2.05) is 6.07 Å². The van der Waals surface area contributed by atoms with Crippen LogP contribution in [-0.2, 0) is 6.42 Å². The molecule has 0 bridgehead atoms. The average Bonchev–Trinajstić information content (AvgIpc) is 2.29. The molecule has 0 aliphatic carbocycles. The van der Waals surface area contributed by atoms with Crippen LogP contribution in [0.3, 0.4) is 0 Å². The van der Waals surface area contributed by atoms with Gasteiger partial charge in [-0.15, -0.1) is 0 Å². The summed E-state index contributed by atoms with van der Waals surface area (Å²) in [5.41, 5.74) is 1.86. The normalized spacial score (nSPS) is 9.94. The van der Waals surface area contributed by atoms with Crippen LogP contribution in [0.1, 0.15) is 5.56 Å². The number of benzene rings is 1. The van der Waals surface area contributed by atoms with Crippen molar-refractivity contribution in [2.24, 2.45) is 0 Å². The van der Waals surface area contributed by atoms with Gasteiger partial charge in [0, 0.05) is 11.8 Å². The van der Waals surface area contributed by atoms with Gasteiger partial charge < -0.3 is 0 Å². The van der Waals surface area contributed by atoms with E-state index in [4.69, 9.17) is 16.9 Å². The molecule has 0 N–H and O–H groups in total. The fourth-order valence-electron chi connectivity index (χ4n) is 1.53. The third kappa shape index (κ3) is 2.58. The van der Waals surface area contributed by atoms with Crippen molar-refractivity contribution < 1.29 is 4.39 Å². The molecule has 0 spiro atoms. The lowest BCUT2D eigenvalue weighted by Gasteiger charge is -2.06. The Morgan fingerprint density at radius 3 is 2.88 bits per heavy atom. The van der Waals surface area contributed by atoms with Crippen molar-refractivity contribution in [2.45, 2.75) is 6.42 Å². The molecule has 0 unspecified atom stereocenters. The predicted molar refractivity (Wildman–Crippen MR) is 61.8 cm³/mol. The predicted octanol–water partition coefficient (Wildman–Crippen LogP) is 3.00. The van der Waals surface area contributed by atoms with Gasteiger partial charge in [-0.3, -0.25) is 0 Å². The van der Waals surface area contributed by atoms with Crippen molar-refractivity contribution in [3.05, 3.63) is 47.1 Å². The molecule has 1 aromatic heterocycles. The molecule has 17 heavy (non-hydrogen) atoms. The monoisotopic (exact) mass is 247 g/mol. The van der Waals surface area contributed by atoms with Crippen LogP contribution in [-0.4, -0.2) is 9.97 Å². The topological polar surface area (TPSA) is 49.6 Å². The van der Waals surface area contributed by atoms with Gasteiger partial charge in [-0.05, 0) is 41.4 Å². The summed E-state index contributed by atoms with van der Waals surface area (Å²) in [6.45, 7) is 0. The fourth-order valence-corrected chi connectivity index (χ4v) is 1.68. The van der Waals surface area contributed by atoms with Crippen LogP contribution in [0.5, 0.6) is 0 Å². The van der Waals surface area contributed by atoms with Crippen molar-refractivity contribution in [3.63, 3.8) is 0 Å². The van der Waals surface area contributed by atoms with Gasteiger partial charge in [-0.2, -0.15) is 5.26 Å². The summed E-state index contributed by atoms with van der Waals surface area (Å²) >= 11 is 5.69. The van der Waals surface area contributed by atoms with Crippen LogP contribution in [0, 0.1) is 17.1 Å². The molecule has 3 nitrogen and oxygen atoms in total. The first-order valence-electron chi connectivity index (χ1n) is 4.85. The molecule has 1 aromatic carbocycles. The first-order chi connectivity index (χ1) is 8.20. The first-order valence-corrected chi connectivity index (χ1v) is 5.23. The quantitative estimate of drug-likeness (QED) is 0.767. The minimum Gasteiger partial charge on any atom is -0.226 e. The molecule has 2 aromatic rings. The highest BCUT2D eigenvalue weighted by Gasteiger charge is 2.08. The summed E-state index contributed by atoms with van der Waals surface area (Å²) in [5.74, 6) is -0.376. The van der Waals surface area contributed by atoms with E-state index in [-0.39, 0.29) is 17.5 Å². The van der Waals surface area contributed by atoms with E-state index in [1.54, 1.807) is 12.1 Å². The summed E-state index contributed by atoms with van der Waals surface area (Å²) in [4.78, 5) is 7.81. The Kier molecular flexibility index (Phi) is 3.31. The van der Waals surface area contributed by atoms with E-state index in [9.17, 15) is 4.39 Å². The SMILES string of the molecule is N#CCc1cc(F)ccc1-c1ccnc(Cl)n1. The van der Waals surface area contributed by atoms with Gasteiger partial charge in [0.15, 0.2) is 0 Å². The Bertz CT molecular complexity index is 593. The molecular weight excluding hydrogens is 241 g/mol. The molecule has 1 heterocycles. The van der Waals surface area contributed by atoms with E-state index in [0.717, 1.165) is 0 Å². The third-order valence-electron chi connectivity index (χ3n) is 2.24. The lowest BCUT2D eigenvalue weighted by molar-refractivity contribution is 0.626. The van der Waals surface area contributed by atoms with Crippen molar-refractivity contribution in [1.29, 1.82) is 5.26 Å². The van der Waals surface area contributed by atoms with Gasteiger partial charge in [0.25, 0.3) is 0 Å². The van der Waals surface area contributed by atoms with E-state index < -0.39 is 0 Å². The zero-order valence-corrected chi connectivity index (χ0v) is 9.45. The van der Waals surface area contributed by atoms with E-state index >= 15 is 0 Å². The summed E-state index contributed by atoms with van der Waals surface area (Å²) in [6, 6.07) is 7.90. The van der Waals surface area contributed by atoms with Gasteiger partial charge in [0.2, 0.25) is 5.28 Å². The minimum atomic E-state index is -0.376. The molecule has 0 aliphatic rings. The smallest absolute Gasteiger partial charge is 0.222 e. The highest BCUT2D eigenvalue weighted by molar-refractivity contribution is 6.28. The second-order valence-corrected chi connectivity index (χ2v) is 3.69. The number of hydrogen-bond donors (Lipinski definition) is 0. The van der Waals surface area contributed by atoms with Crippen molar-refractivity contribution in [3.8, 4) is 17.3 Å². The Balaban J connectivity index is 2.55. The van der Waals surface area contributed by atoms with Gasteiger partial charge in [0.05, 0.1) is 18.2 Å². The maximum Gasteiger partial charge on any atom is 0.222 e. The molecular formula is C12H7ClFN3. The van der Waals surface area contributed by atoms with Crippen molar-refractivity contribution >= 4 is 11.6 Å². The largest absolute Gasteiger partial charge is 0.226 e. The van der Waals surface area contributed by atoms with Crippen LogP contribution in [0.25, 0.3) is 11.3 Å². The number of nitrogens with zero attached hydrogens (tertiary/aromatic N) is 3. The molecule has 84 valence electrons. The van der Waals surface area contributed by atoms with Gasteiger partial charge in [0.1, 0.15) is 5.82 Å². The van der Waals surface area contributed by atoms with Crippen molar-refractivity contribution in [2.75, 3.05) is 0 Å².